The minimum Gasteiger partial charge on any atom is -0.480 e. The Morgan fingerprint density at radius 1 is 0.708 bits per heavy atom. The lowest BCUT2D eigenvalue weighted by atomic mass is 9.84. The molecule has 96 heavy (non-hydrogen) atoms. The third kappa shape index (κ3) is 26.0. The molecular weight excluding hydrogens is 1230 g/mol. The molecule has 4 rings (SSSR count). The van der Waals surface area contributed by atoms with E-state index in [-0.39, 0.29) is 147 Å². The summed E-state index contributed by atoms with van der Waals surface area (Å²) < 4.78 is 16.8. The van der Waals surface area contributed by atoms with Gasteiger partial charge in [0.25, 0.3) is 0 Å². The zero-order chi connectivity index (χ0) is 72.1. The lowest BCUT2D eigenvalue weighted by molar-refractivity contribution is -0.145. The molecule has 2 saturated heterocycles. The number of ketones is 2. The number of benzene rings is 2. The molecule has 0 spiro atoms. The third-order valence-electron chi connectivity index (χ3n) is 18.1. The molecule has 2 fully saturated rings. The van der Waals surface area contributed by atoms with Crippen LogP contribution in [0.25, 0.3) is 0 Å². The van der Waals surface area contributed by atoms with Crippen LogP contribution in [0.1, 0.15) is 171 Å². The molecule has 0 saturated carbocycles. The first kappa shape index (κ1) is 82.4. The first-order chi connectivity index (χ1) is 45.3. The van der Waals surface area contributed by atoms with Crippen molar-refractivity contribution in [3.63, 3.8) is 0 Å². The molecule has 0 unspecified atom stereocenters. The van der Waals surface area contributed by atoms with E-state index in [1.807, 2.05) is 85.7 Å². The number of carbonyl (C=O) groups excluding carboxylic acids is 11. The highest BCUT2D eigenvalue weighted by Gasteiger charge is 2.42. The smallest absolute Gasteiger partial charge is 0.410 e. The number of nitrogens with one attached hydrogen (secondary N) is 4. The number of likely N-dealkylation sites (tertiary alicyclic amines) is 2. The van der Waals surface area contributed by atoms with Crippen LogP contribution in [0.5, 0.6) is 0 Å². The van der Waals surface area contributed by atoms with E-state index in [0.29, 0.717) is 56.4 Å². The van der Waals surface area contributed by atoms with Crippen LogP contribution in [0.4, 0.5) is 15.3 Å². The number of nitrogens with two attached hydrogens (primary N) is 1. The molecule has 10 amide bonds. The standard InChI is InChI=1S/C50H81N7O11.C21H30N2O5/c1-30(2)38(48(64)55(10)45(32(5)6)34(9)67-12)28-40(59)46(33(7)8)56(11)50(66)68-29-35-19-21-37(22-20-35)53-47(63)36(17-16-25-52-49(51)65)27-39(58)44(31(3)4)54-41(60)18-14-13-15-26-57-42(61)23-24-43(57)62;1-4-18(24)23-12-8-11-17(23)19(28-3)14(2)20(25)22-16(21(26)27)13-15-9-6-5-7-10-15/h19-22,30-34,36,38,44-46H,13-18,23-29H2,1-12H3,(H,53,63)(H,54,60)(H3,51,52,65);5-7,9-10,14,16-17,19H,4,8,11-13H2,1-3H3,(H,22,25)(H,26,27)/t34-,36-,38+,44+,45+,46+;14-,16+,17+,19-/m11/s1. The highest BCUT2D eigenvalue weighted by molar-refractivity contribution is 6.02. The number of carboxylic acid groups (broad SMARTS) is 1. The van der Waals surface area contributed by atoms with Crippen LogP contribution in [0, 0.1) is 41.4 Å². The number of ether oxygens (including phenoxy) is 3. The monoisotopic (exact) mass is 1350 g/mol. The fourth-order valence-electron chi connectivity index (χ4n) is 12.7. The van der Waals surface area contributed by atoms with E-state index in [1.165, 1.54) is 24.0 Å². The van der Waals surface area contributed by atoms with Crippen LogP contribution < -0.4 is 27.0 Å². The van der Waals surface area contributed by atoms with Gasteiger partial charge in [0.2, 0.25) is 41.4 Å². The van der Waals surface area contributed by atoms with Crippen molar-refractivity contribution in [3.8, 4) is 0 Å². The number of likely N-dealkylation sites (N-methyl/N-ethyl adjacent to an activating group) is 2. The molecule has 2 heterocycles. The van der Waals surface area contributed by atoms with E-state index in [1.54, 1.807) is 69.0 Å². The number of primary amides is 1. The Hall–Kier alpha value is -7.80. The Morgan fingerprint density at radius 2 is 1.34 bits per heavy atom. The predicted octanol–water partition coefficient (Wildman–Crippen LogP) is 7.69. The summed E-state index contributed by atoms with van der Waals surface area (Å²) in [6, 6.07) is 12.0. The second-order valence-electron chi connectivity index (χ2n) is 26.8. The molecular formula is C71H111N9O16. The molecule has 0 bridgehead atoms. The van der Waals surface area contributed by atoms with Crippen LogP contribution in [-0.4, -0.2) is 186 Å². The molecule has 536 valence electrons. The second-order valence-corrected chi connectivity index (χ2v) is 26.8. The van der Waals surface area contributed by atoms with Crippen LogP contribution in [0.2, 0.25) is 0 Å². The number of Topliss-reactive ketones (excluding diaryl/α,β-unsaturated/α-hetero) is 2. The third-order valence-corrected chi connectivity index (χ3v) is 18.1. The summed E-state index contributed by atoms with van der Waals surface area (Å²) in [6.45, 7) is 21.7. The molecule has 10 atom stereocenters. The minimum atomic E-state index is -1.08. The van der Waals surface area contributed by atoms with Gasteiger partial charge in [-0.05, 0) is 92.4 Å². The van der Waals surface area contributed by atoms with Crippen molar-refractivity contribution in [2.45, 2.75) is 215 Å². The predicted molar refractivity (Wildman–Crippen MR) is 363 cm³/mol. The summed E-state index contributed by atoms with van der Waals surface area (Å²) in [7, 11) is 6.39. The lowest BCUT2D eigenvalue weighted by Crippen LogP contribution is -2.52. The van der Waals surface area contributed by atoms with Gasteiger partial charge in [-0.25, -0.2) is 14.4 Å². The number of carbonyl (C=O) groups is 12. The Morgan fingerprint density at radius 3 is 1.89 bits per heavy atom. The topological polar surface area (TPSA) is 340 Å². The largest absolute Gasteiger partial charge is 0.480 e. The Kier molecular flexibility index (Phi) is 35.5. The van der Waals surface area contributed by atoms with Gasteiger partial charge in [0.15, 0.2) is 11.6 Å². The van der Waals surface area contributed by atoms with E-state index in [4.69, 9.17) is 19.9 Å². The van der Waals surface area contributed by atoms with E-state index in [9.17, 15) is 62.6 Å². The van der Waals surface area contributed by atoms with Crippen LogP contribution in [0.3, 0.4) is 0 Å². The first-order valence-electron chi connectivity index (χ1n) is 34.0. The van der Waals surface area contributed by atoms with Gasteiger partial charge in [-0.1, -0.05) is 118 Å². The molecule has 25 nitrogen and oxygen atoms in total. The van der Waals surface area contributed by atoms with Gasteiger partial charge < -0.3 is 61.0 Å². The first-order valence-corrected chi connectivity index (χ1v) is 34.0. The fraction of sp³-hybridized carbons (Fsp3) is 0.662. The average Bonchev–Trinajstić information content (AvgIpc) is 1.89. The number of aliphatic carboxylic acids is 1. The summed E-state index contributed by atoms with van der Waals surface area (Å²) in [6.07, 6.45) is 3.53. The maximum absolute atomic E-state index is 13.9. The van der Waals surface area contributed by atoms with E-state index in [0.717, 1.165) is 18.4 Å². The van der Waals surface area contributed by atoms with Crippen molar-refractivity contribution >= 4 is 76.7 Å². The average molecular weight is 1350 g/mol. The number of amides is 10. The summed E-state index contributed by atoms with van der Waals surface area (Å²) >= 11 is 0. The number of urea groups is 1. The minimum absolute atomic E-state index is 0.0460. The number of hydrogen-bond donors (Lipinski definition) is 6. The molecule has 7 N–H and O–H groups in total. The van der Waals surface area contributed by atoms with Crippen molar-refractivity contribution < 1.29 is 76.9 Å². The normalized spacial score (nSPS) is 16.7. The quantitative estimate of drug-likeness (QED) is 0.0276. The summed E-state index contributed by atoms with van der Waals surface area (Å²) in [5.74, 6) is -5.82. The second kappa shape index (κ2) is 41.3. The summed E-state index contributed by atoms with van der Waals surface area (Å²) in [5.41, 5.74) is 7.08. The zero-order valence-electron chi connectivity index (χ0n) is 59.4. The molecule has 2 aliphatic rings. The molecule has 25 heteroatoms. The van der Waals surface area contributed by atoms with Gasteiger partial charge in [0, 0.05) is 110 Å². The molecule has 0 radical (unpaired) electrons. The van der Waals surface area contributed by atoms with E-state index < -0.39 is 66.0 Å². The number of anilines is 1. The Balaban J connectivity index is 0.000000708. The van der Waals surface area contributed by atoms with Crippen LogP contribution >= 0.6 is 0 Å². The van der Waals surface area contributed by atoms with Crippen molar-refractivity contribution in [2.24, 2.45) is 47.2 Å². The Bertz CT molecular complexity index is 2870. The van der Waals surface area contributed by atoms with E-state index in [2.05, 4.69) is 21.3 Å². The highest BCUT2D eigenvalue weighted by atomic mass is 16.6. The molecule has 2 aliphatic heterocycles. The van der Waals surface area contributed by atoms with Crippen molar-refractivity contribution in [1.29, 1.82) is 0 Å². The Labute approximate surface area is 568 Å². The van der Waals surface area contributed by atoms with Crippen molar-refractivity contribution in [1.82, 2.24) is 35.6 Å². The molecule has 0 aromatic heterocycles. The maximum Gasteiger partial charge on any atom is 0.410 e. The fourth-order valence-corrected chi connectivity index (χ4v) is 12.7. The number of methoxy groups -OCH3 is 2. The number of carboxylic acids is 1. The molecule has 2 aromatic carbocycles. The van der Waals surface area contributed by atoms with Gasteiger partial charge in [0.05, 0.1) is 42.3 Å². The van der Waals surface area contributed by atoms with Crippen molar-refractivity contribution in [3.05, 3.63) is 65.7 Å². The highest BCUT2D eigenvalue weighted by Crippen LogP contribution is 2.29. The zero-order valence-corrected chi connectivity index (χ0v) is 59.4. The van der Waals surface area contributed by atoms with Crippen molar-refractivity contribution in [2.75, 3.05) is 53.3 Å². The van der Waals surface area contributed by atoms with Gasteiger partial charge in [0.1, 0.15) is 12.6 Å². The summed E-state index contributed by atoms with van der Waals surface area (Å²) in [4.78, 5) is 159. The van der Waals surface area contributed by atoms with Gasteiger partial charge in [-0.15, -0.1) is 0 Å². The number of nitrogens with zero attached hydrogens (tertiary/aromatic N) is 4. The molecule has 2 aromatic rings. The lowest BCUT2D eigenvalue weighted by Gasteiger charge is -2.38. The number of unbranched alkanes of at least 4 members (excludes halogenated alkanes) is 2. The molecule has 0 aliphatic carbocycles. The van der Waals surface area contributed by atoms with Gasteiger partial charge >= 0.3 is 18.1 Å². The summed E-state index contributed by atoms with van der Waals surface area (Å²) in [5, 5.41) is 20.3. The van der Waals surface area contributed by atoms with E-state index >= 15 is 0 Å². The number of rotatable bonds is 39. The SMILES string of the molecule is CCC(=O)N1CCC[C@H]1[C@H](OC)[C@@H](C)C(=O)N[C@@H](Cc1ccccc1)C(=O)O.CO[C@H](C)[C@H](C(C)C)N(C)C(=O)[C@@H](CC(=O)[C@H](C(C)C)N(C)C(=O)OCc1ccc(NC(=O)[C@H](CCCNC(N)=O)CC(=O)[C@@H](NC(=O)CCCCCN2C(=O)CCC2=O)C(C)C)cc1)C(C)C. The van der Waals surface area contributed by atoms with Gasteiger partial charge in [-0.3, -0.25) is 48.1 Å². The van der Waals surface area contributed by atoms with Crippen LogP contribution in [0.15, 0.2) is 54.6 Å². The van der Waals surface area contributed by atoms with Crippen LogP contribution in [-0.2, 0) is 75.2 Å². The number of imide groups is 1. The van der Waals surface area contributed by atoms with Gasteiger partial charge in [-0.2, -0.15) is 0 Å². The maximum atomic E-state index is 13.9. The number of hydrogen-bond acceptors (Lipinski definition) is 15.